The number of amides is 2. The van der Waals surface area contributed by atoms with Crippen molar-refractivity contribution in [3.8, 4) is 0 Å². The van der Waals surface area contributed by atoms with Crippen LogP contribution in [0.1, 0.15) is 58.3 Å². The van der Waals surface area contributed by atoms with Gasteiger partial charge >= 0.3 is 5.97 Å². The van der Waals surface area contributed by atoms with Gasteiger partial charge in [-0.05, 0) is 38.5 Å². The van der Waals surface area contributed by atoms with Gasteiger partial charge in [-0.1, -0.05) is 19.3 Å². The largest absolute Gasteiger partial charge is 0.481 e. The second-order valence-corrected chi connectivity index (χ2v) is 6.99. The Bertz CT molecular complexity index is 446. The van der Waals surface area contributed by atoms with Crippen molar-refractivity contribution in [1.29, 1.82) is 0 Å². The zero-order valence-electron chi connectivity index (χ0n) is 13.9. The van der Waals surface area contributed by atoms with Crippen LogP contribution in [-0.2, 0) is 14.4 Å². The van der Waals surface area contributed by atoms with Gasteiger partial charge in [0, 0.05) is 19.0 Å². The van der Waals surface area contributed by atoms with Crippen molar-refractivity contribution < 1.29 is 19.5 Å². The quantitative estimate of drug-likeness (QED) is 0.807. The van der Waals surface area contributed by atoms with Gasteiger partial charge in [0.2, 0.25) is 11.8 Å². The SMILES string of the molecule is CC1CCC(C(=O)O)CN1C(=O)CNC(=O)CC1CCCCC1. The Morgan fingerprint density at radius 3 is 2.43 bits per heavy atom. The summed E-state index contributed by atoms with van der Waals surface area (Å²) in [6, 6.07) is 0.0355. The van der Waals surface area contributed by atoms with E-state index in [4.69, 9.17) is 5.11 Å². The number of aliphatic carboxylic acids is 1. The van der Waals surface area contributed by atoms with Crippen LogP contribution < -0.4 is 5.32 Å². The van der Waals surface area contributed by atoms with Gasteiger partial charge in [-0.3, -0.25) is 14.4 Å². The summed E-state index contributed by atoms with van der Waals surface area (Å²) in [7, 11) is 0. The molecule has 1 aliphatic carbocycles. The second kappa shape index (κ2) is 8.31. The molecule has 2 aliphatic rings. The lowest BCUT2D eigenvalue weighted by Gasteiger charge is -2.36. The lowest BCUT2D eigenvalue weighted by molar-refractivity contribution is -0.147. The van der Waals surface area contributed by atoms with E-state index in [0.717, 1.165) is 12.8 Å². The Hall–Kier alpha value is -1.59. The summed E-state index contributed by atoms with van der Waals surface area (Å²) in [4.78, 5) is 37.0. The van der Waals surface area contributed by atoms with E-state index in [-0.39, 0.29) is 30.9 Å². The molecule has 6 nitrogen and oxygen atoms in total. The first kappa shape index (κ1) is 17.8. The van der Waals surface area contributed by atoms with Gasteiger partial charge in [0.05, 0.1) is 12.5 Å². The molecule has 6 heteroatoms. The van der Waals surface area contributed by atoms with E-state index >= 15 is 0 Å². The van der Waals surface area contributed by atoms with Crippen molar-refractivity contribution in [1.82, 2.24) is 10.2 Å². The van der Waals surface area contributed by atoms with Crippen molar-refractivity contribution in [2.75, 3.05) is 13.1 Å². The Morgan fingerprint density at radius 1 is 1.09 bits per heavy atom. The molecule has 1 heterocycles. The molecule has 2 atom stereocenters. The molecule has 2 rings (SSSR count). The smallest absolute Gasteiger partial charge is 0.308 e. The standard InChI is InChI=1S/C17H28N2O4/c1-12-7-8-14(17(22)23)11-19(12)16(21)10-18-15(20)9-13-5-3-2-4-6-13/h12-14H,2-11H2,1H3,(H,18,20)(H,22,23). The monoisotopic (exact) mass is 324 g/mol. The summed E-state index contributed by atoms with van der Waals surface area (Å²) in [6.45, 7) is 2.15. The molecule has 0 radical (unpaired) electrons. The van der Waals surface area contributed by atoms with E-state index in [0.29, 0.717) is 25.2 Å². The first-order chi connectivity index (χ1) is 11.0. The van der Waals surface area contributed by atoms with E-state index < -0.39 is 11.9 Å². The Morgan fingerprint density at radius 2 is 1.78 bits per heavy atom. The third-order valence-corrected chi connectivity index (χ3v) is 5.19. The number of carbonyl (C=O) groups is 3. The molecule has 0 spiro atoms. The van der Waals surface area contributed by atoms with Crippen LogP contribution in [0, 0.1) is 11.8 Å². The van der Waals surface area contributed by atoms with Crippen LogP contribution in [-0.4, -0.2) is 46.9 Å². The average molecular weight is 324 g/mol. The summed E-state index contributed by atoms with van der Waals surface area (Å²) in [5.41, 5.74) is 0. The van der Waals surface area contributed by atoms with Gasteiger partial charge in [0.25, 0.3) is 0 Å². The fraction of sp³-hybridized carbons (Fsp3) is 0.824. The number of rotatable bonds is 5. The number of carboxylic acids is 1. The Labute approximate surface area is 137 Å². The average Bonchev–Trinajstić information content (AvgIpc) is 2.53. The first-order valence-corrected chi connectivity index (χ1v) is 8.76. The molecular formula is C17H28N2O4. The van der Waals surface area contributed by atoms with Gasteiger partial charge in [-0.15, -0.1) is 0 Å². The summed E-state index contributed by atoms with van der Waals surface area (Å²) in [5.74, 6) is -1.14. The molecule has 2 N–H and O–H groups in total. The molecule has 0 aromatic carbocycles. The summed E-state index contributed by atoms with van der Waals surface area (Å²) < 4.78 is 0. The molecule has 0 aromatic heterocycles. The maximum absolute atomic E-state index is 12.3. The maximum Gasteiger partial charge on any atom is 0.308 e. The highest BCUT2D eigenvalue weighted by Crippen LogP contribution is 2.26. The third kappa shape index (κ3) is 5.22. The number of nitrogens with zero attached hydrogens (tertiary/aromatic N) is 1. The van der Waals surface area contributed by atoms with Crippen molar-refractivity contribution in [2.24, 2.45) is 11.8 Å². The Balaban J connectivity index is 1.76. The van der Waals surface area contributed by atoms with Gasteiger partial charge in [0.15, 0.2) is 0 Å². The van der Waals surface area contributed by atoms with Crippen LogP contribution in [0.2, 0.25) is 0 Å². The Kier molecular flexibility index (Phi) is 6.42. The number of hydrogen-bond acceptors (Lipinski definition) is 3. The fourth-order valence-electron chi connectivity index (χ4n) is 3.66. The van der Waals surface area contributed by atoms with Gasteiger partial charge in [-0.25, -0.2) is 0 Å². The second-order valence-electron chi connectivity index (χ2n) is 6.99. The summed E-state index contributed by atoms with van der Waals surface area (Å²) in [6.07, 6.45) is 7.65. The normalized spacial score (nSPS) is 25.9. The molecule has 23 heavy (non-hydrogen) atoms. The van der Waals surface area contributed by atoms with Crippen molar-refractivity contribution in [3.05, 3.63) is 0 Å². The molecule has 2 unspecified atom stereocenters. The highest BCUT2D eigenvalue weighted by Gasteiger charge is 2.32. The molecule has 0 aromatic rings. The van der Waals surface area contributed by atoms with E-state index in [1.807, 2.05) is 6.92 Å². The van der Waals surface area contributed by atoms with E-state index in [1.165, 1.54) is 19.3 Å². The van der Waals surface area contributed by atoms with E-state index in [9.17, 15) is 14.4 Å². The van der Waals surface area contributed by atoms with Gasteiger partial charge in [0.1, 0.15) is 0 Å². The van der Waals surface area contributed by atoms with Crippen molar-refractivity contribution in [2.45, 2.75) is 64.3 Å². The van der Waals surface area contributed by atoms with Crippen LogP contribution in [0.25, 0.3) is 0 Å². The zero-order valence-corrected chi connectivity index (χ0v) is 13.9. The minimum absolute atomic E-state index is 0.0256. The van der Waals surface area contributed by atoms with Crippen LogP contribution in [0.15, 0.2) is 0 Å². The number of piperidine rings is 1. The van der Waals surface area contributed by atoms with Crippen molar-refractivity contribution >= 4 is 17.8 Å². The fourth-order valence-corrected chi connectivity index (χ4v) is 3.66. The van der Waals surface area contributed by atoms with Gasteiger partial charge in [-0.2, -0.15) is 0 Å². The molecule has 1 aliphatic heterocycles. The number of carbonyl (C=O) groups excluding carboxylic acids is 2. The molecule has 130 valence electrons. The molecule has 2 fully saturated rings. The van der Waals surface area contributed by atoms with E-state index in [1.54, 1.807) is 4.90 Å². The van der Waals surface area contributed by atoms with Crippen LogP contribution in [0.3, 0.4) is 0 Å². The summed E-state index contributed by atoms with van der Waals surface area (Å²) >= 11 is 0. The molecule has 0 bridgehead atoms. The van der Waals surface area contributed by atoms with Gasteiger partial charge < -0.3 is 15.3 Å². The number of carboxylic acid groups (broad SMARTS) is 1. The van der Waals surface area contributed by atoms with Crippen LogP contribution >= 0.6 is 0 Å². The number of likely N-dealkylation sites (tertiary alicyclic amines) is 1. The van der Waals surface area contributed by atoms with Crippen LogP contribution in [0.4, 0.5) is 0 Å². The highest BCUT2D eigenvalue weighted by molar-refractivity contribution is 5.85. The van der Waals surface area contributed by atoms with Crippen LogP contribution in [0.5, 0.6) is 0 Å². The molecule has 1 saturated heterocycles. The number of nitrogens with one attached hydrogen (secondary N) is 1. The van der Waals surface area contributed by atoms with Crippen molar-refractivity contribution in [3.63, 3.8) is 0 Å². The predicted molar refractivity (Wildman–Crippen MR) is 85.7 cm³/mol. The minimum atomic E-state index is -0.851. The lowest BCUT2D eigenvalue weighted by Crippen LogP contribution is -2.50. The molecule has 1 saturated carbocycles. The molecule has 2 amide bonds. The number of hydrogen-bond donors (Lipinski definition) is 2. The minimum Gasteiger partial charge on any atom is -0.481 e. The highest BCUT2D eigenvalue weighted by atomic mass is 16.4. The predicted octanol–water partition coefficient (Wildman–Crippen LogP) is 1.78. The molecular weight excluding hydrogens is 296 g/mol. The topological polar surface area (TPSA) is 86.7 Å². The lowest BCUT2D eigenvalue weighted by atomic mass is 9.87. The summed E-state index contributed by atoms with van der Waals surface area (Å²) in [5, 5.41) is 11.8. The maximum atomic E-state index is 12.3. The van der Waals surface area contributed by atoms with E-state index in [2.05, 4.69) is 5.32 Å². The first-order valence-electron chi connectivity index (χ1n) is 8.76. The third-order valence-electron chi connectivity index (χ3n) is 5.19. The zero-order chi connectivity index (χ0) is 16.8.